The first-order chi connectivity index (χ1) is 14.1. The van der Waals surface area contributed by atoms with Crippen molar-refractivity contribution in [1.29, 1.82) is 0 Å². The number of hydrogen-bond donors (Lipinski definition) is 1. The second kappa shape index (κ2) is 6.60. The molecule has 6 heteroatoms. The van der Waals surface area contributed by atoms with E-state index in [1.54, 1.807) is 22.8 Å². The minimum Gasteiger partial charge on any atom is -0.508 e. The van der Waals surface area contributed by atoms with Gasteiger partial charge in [-0.2, -0.15) is 0 Å². The lowest BCUT2D eigenvalue weighted by atomic mass is 10.1. The third kappa shape index (κ3) is 2.86. The molecule has 0 fully saturated rings. The van der Waals surface area contributed by atoms with Crippen LogP contribution in [0.5, 0.6) is 5.75 Å². The maximum absolute atomic E-state index is 13.3. The second-order valence-electron chi connectivity index (χ2n) is 7.10. The Morgan fingerprint density at radius 1 is 0.931 bits per heavy atom. The number of aromatic hydroxyl groups is 1. The Morgan fingerprint density at radius 3 is 2.52 bits per heavy atom. The number of fused-ring (bicyclic) bond motifs is 3. The molecular formula is C23H18N4O2. The summed E-state index contributed by atoms with van der Waals surface area (Å²) >= 11 is 0. The number of aryl methyl sites for hydroxylation is 1. The number of para-hydroxylation sites is 1. The van der Waals surface area contributed by atoms with E-state index in [-0.39, 0.29) is 11.3 Å². The SMILES string of the molecule is Cc1ccc(Cn2c(=O)c3ccccc3n3c(-c4cccc(O)c4)nnc23)cc1. The molecule has 0 spiro atoms. The first kappa shape index (κ1) is 17.2. The molecule has 5 rings (SSSR count). The van der Waals surface area contributed by atoms with Crippen LogP contribution in [0.2, 0.25) is 0 Å². The minimum atomic E-state index is -0.108. The highest BCUT2D eigenvalue weighted by Crippen LogP contribution is 2.25. The lowest BCUT2D eigenvalue weighted by Gasteiger charge is -2.12. The van der Waals surface area contributed by atoms with Crippen molar-refractivity contribution in [3.63, 3.8) is 0 Å². The number of rotatable bonds is 3. The van der Waals surface area contributed by atoms with E-state index in [1.165, 1.54) is 5.56 Å². The molecule has 0 aliphatic heterocycles. The summed E-state index contributed by atoms with van der Waals surface area (Å²) in [7, 11) is 0. The van der Waals surface area contributed by atoms with Gasteiger partial charge in [0.2, 0.25) is 5.78 Å². The van der Waals surface area contributed by atoms with Crippen molar-refractivity contribution in [3.05, 3.63) is 94.3 Å². The summed E-state index contributed by atoms with van der Waals surface area (Å²) in [6, 6.07) is 22.4. The van der Waals surface area contributed by atoms with Crippen molar-refractivity contribution in [2.45, 2.75) is 13.5 Å². The standard InChI is InChI=1S/C23H18N4O2/c1-15-9-11-16(12-10-15)14-26-22(29)19-7-2-3-8-20(19)27-21(24-25-23(26)27)17-5-4-6-18(28)13-17/h2-13,28H,14H2,1H3. The average molecular weight is 382 g/mol. The van der Waals surface area contributed by atoms with Gasteiger partial charge in [0.25, 0.3) is 5.56 Å². The molecule has 0 bridgehead atoms. The van der Waals surface area contributed by atoms with Crippen molar-refractivity contribution in [2.24, 2.45) is 0 Å². The third-order valence-corrected chi connectivity index (χ3v) is 5.07. The Hall–Kier alpha value is -3.93. The lowest BCUT2D eigenvalue weighted by Crippen LogP contribution is -2.24. The summed E-state index contributed by atoms with van der Waals surface area (Å²) in [5, 5.41) is 19.2. The van der Waals surface area contributed by atoms with E-state index in [9.17, 15) is 9.90 Å². The second-order valence-corrected chi connectivity index (χ2v) is 7.10. The van der Waals surface area contributed by atoms with Gasteiger partial charge in [-0.05, 0) is 36.8 Å². The average Bonchev–Trinajstić information content (AvgIpc) is 3.18. The molecular weight excluding hydrogens is 364 g/mol. The van der Waals surface area contributed by atoms with Gasteiger partial charge >= 0.3 is 0 Å². The molecule has 6 nitrogen and oxygen atoms in total. The van der Waals surface area contributed by atoms with Crippen molar-refractivity contribution in [3.8, 4) is 17.1 Å². The molecule has 0 aliphatic carbocycles. The van der Waals surface area contributed by atoms with Gasteiger partial charge in [0.1, 0.15) is 5.75 Å². The Bertz CT molecular complexity index is 1420. The van der Waals surface area contributed by atoms with E-state index in [4.69, 9.17) is 0 Å². The largest absolute Gasteiger partial charge is 0.508 e. The van der Waals surface area contributed by atoms with Gasteiger partial charge in [0, 0.05) is 5.56 Å². The highest BCUT2D eigenvalue weighted by Gasteiger charge is 2.17. The fraction of sp³-hybridized carbons (Fsp3) is 0.0870. The molecule has 5 aromatic rings. The smallest absolute Gasteiger partial charge is 0.263 e. The highest BCUT2D eigenvalue weighted by molar-refractivity contribution is 5.82. The summed E-state index contributed by atoms with van der Waals surface area (Å²) in [5.41, 5.74) is 3.53. The molecule has 29 heavy (non-hydrogen) atoms. The van der Waals surface area contributed by atoms with Crippen molar-refractivity contribution < 1.29 is 5.11 Å². The fourth-order valence-corrected chi connectivity index (χ4v) is 3.61. The van der Waals surface area contributed by atoms with Gasteiger partial charge < -0.3 is 5.11 Å². The highest BCUT2D eigenvalue weighted by atomic mass is 16.3. The summed E-state index contributed by atoms with van der Waals surface area (Å²) in [6.07, 6.45) is 0. The quantitative estimate of drug-likeness (QED) is 0.516. The van der Waals surface area contributed by atoms with E-state index in [0.29, 0.717) is 23.5 Å². The molecule has 2 aromatic heterocycles. The molecule has 0 saturated heterocycles. The van der Waals surface area contributed by atoms with Crippen LogP contribution in [0.3, 0.4) is 0 Å². The normalized spacial score (nSPS) is 11.3. The molecule has 3 aromatic carbocycles. The van der Waals surface area contributed by atoms with Crippen molar-refractivity contribution in [1.82, 2.24) is 19.2 Å². The lowest BCUT2D eigenvalue weighted by molar-refractivity contribution is 0.475. The Balaban J connectivity index is 1.82. The van der Waals surface area contributed by atoms with Gasteiger partial charge in [-0.1, -0.05) is 54.1 Å². The van der Waals surface area contributed by atoms with Crippen LogP contribution < -0.4 is 5.56 Å². The molecule has 2 heterocycles. The molecule has 0 unspecified atom stereocenters. The van der Waals surface area contributed by atoms with Crippen molar-refractivity contribution >= 4 is 16.7 Å². The first-order valence-corrected chi connectivity index (χ1v) is 9.33. The maximum atomic E-state index is 13.3. The Kier molecular flexibility index (Phi) is 3.91. The zero-order valence-corrected chi connectivity index (χ0v) is 15.8. The Morgan fingerprint density at radius 2 is 1.72 bits per heavy atom. The number of aromatic nitrogens is 4. The third-order valence-electron chi connectivity index (χ3n) is 5.07. The van der Waals surface area contributed by atoms with Crippen molar-refractivity contribution in [2.75, 3.05) is 0 Å². The number of hydrogen-bond acceptors (Lipinski definition) is 4. The molecule has 0 aliphatic rings. The molecule has 0 atom stereocenters. The maximum Gasteiger partial charge on any atom is 0.263 e. The number of phenols is 1. The van der Waals surface area contributed by atoms with Crippen LogP contribution in [0.1, 0.15) is 11.1 Å². The van der Waals surface area contributed by atoms with Crippen LogP contribution in [-0.2, 0) is 6.54 Å². The predicted molar refractivity (Wildman–Crippen MR) is 112 cm³/mol. The summed E-state index contributed by atoms with van der Waals surface area (Å²) in [4.78, 5) is 13.3. The summed E-state index contributed by atoms with van der Waals surface area (Å²) in [6.45, 7) is 2.43. The van der Waals surface area contributed by atoms with Gasteiger partial charge in [-0.3, -0.25) is 13.8 Å². The zero-order valence-electron chi connectivity index (χ0n) is 15.8. The van der Waals surface area contributed by atoms with E-state index in [2.05, 4.69) is 10.2 Å². The van der Waals surface area contributed by atoms with Crippen LogP contribution >= 0.6 is 0 Å². The molecule has 142 valence electrons. The van der Waals surface area contributed by atoms with Crippen LogP contribution in [0.4, 0.5) is 0 Å². The minimum absolute atomic E-state index is 0.108. The van der Waals surface area contributed by atoms with Crippen LogP contribution in [0.15, 0.2) is 77.6 Å². The summed E-state index contributed by atoms with van der Waals surface area (Å²) < 4.78 is 3.52. The first-order valence-electron chi connectivity index (χ1n) is 9.33. The molecule has 0 saturated carbocycles. The number of nitrogens with zero attached hydrogens (tertiary/aromatic N) is 4. The molecule has 0 amide bonds. The van der Waals surface area contributed by atoms with E-state index >= 15 is 0 Å². The Labute approximate surface area is 166 Å². The predicted octanol–water partition coefficient (Wildman–Crippen LogP) is 3.77. The zero-order chi connectivity index (χ0) is 20.0. The van der Waals surface area contributed by atoms with E-state index in [1.807, 2.05) is 65.9 Å². The van der Waals surface area contributed by atoms with Crippen LogP contribution in [0.25, 0.3) is 28.1 Å². The van der Waals surface area contributed by atoms with Crippen LogP contribution in [-0.4, -0.2) is 24.3 Å². The molecule has 0 radical (unpaired) electrons. The number of phenolic OH excluding ortho intramolecular Hbond substituents is 1. The van der Waals surface area contributed by atoms with E-state index < -0.39 is 0 Å². The van der Waals surface area contributed by atoms with Gasteiger partial charge in [0.15, 0.2) is 5.82 Å². The number of benzene rings is 3. The summed E-state index contributed by atoms with van der Waals surface area (Å²) in [5.74, 6) is 1.19. The van der Waals surface area contributed by atoms with Gasteiger partial charge in [-0.25, -0.2) is 0 Å². The van der Waals surface area contributed by atoms with Gasteiger partial charge in [0.05, 0.1) is 17.4 Å². The topological polar surface area (TPSA) is 72.4 Å². The van der Waals surface area contributed by atoms with Gasteiger partial charge in [-0.15, -0.1) is 10.2 Å². The van der Waals surface area contributed by atoms with Crippen LogP contribution in [0, 0.1) is 6.92 Å². The molecule has 1 N–H and O–H groups in total. The monoisotopic (exact) mass is 382 g/mol. The van der Waals surface area contributed by atoms with E-state index in [0.717, 1.165) is 16.6 Å². The fourth-order valence-electron chi connectivity index (χ4n) is 3.61.